The van der Waals surface area contributed by atoms with Crippen LogP contribution in [0.4, 0.5) is 0 Å². The fraction of sp³-hybridized carbons (Fsp3) is 0.625. The average molecular weight is 341 g/mol. The smallest absolute Gasteiger partial charge is 0.328 e. The Kier molecular flexibility index (Phi) is 9.37. The van der Waals surface area contributed by atoms with Crippen LogP contribution in [0.2, 0.25) is 0 Å². The van der Waals surface area contributed by atoms with Crippen molar-refractivity contribution in [3.63, 3.8) is 0 Å². The van der Waals surface area contributed by atoms with Gasteiger partial charge < -0.3 is 20.7 Å². The van der Waals surface area contributed by atoms with Gasteiger partial charge in [0.25, 0.3) is 0 Å². The minimum absolute atomic E-state index is 0.138. The molecule has 0 saturated heterocycles. The lowest BCUT2D eigenvalue weighted by Crippen LogP contribution is -2.53. The number of carbonyl (C=O) groups excluding carboxylic acids is 4. The summed E-state index contributed by atoms with van der Waals surface area (Å²) in [7, 11) is 1.22. The van der Waals surface area contributed by atoms with E-state index in [1.54, 1.807) is 0 Å². The van der Waals surface area contributed by atoms with Crippen LogP contribution in [0.5, 0.6) is 0 Å². The molecule has 0 heterocycles. The summed E-state index contributed by atoms with van der Waals surface area (Å²) in [5, 5.41) is 7.44. The van der Waals surface area contributed by atoms with Crippen molar-refractivity contribution in [3.8, 4) is 0 Å². The third-order valence-electron chi connectivity index (χ3n) is 3.07. The Labute approximate surface area is 142 Å². The van der Waals surface area contributed by atoms with E-state index >= 15 is 0 Å². The fourth-order valence-electron chi connectivity index (χ4n) is 1.81. The van der Waals surface area contributed by atoms with Gasteiger partial charge in [-0.1, -0.05) is 20.4 Å². The largest absolute Gasteiger partial charge is 0.467 e. The van der Waals surface area contributed by atoms with Crippen molar-refractivity contribution in [1.82, 2.24) is 16.0 Å². The number of amides is 3. The summed E-state index contributed by atoms with van der Waals surface area (Å²) in [6.07, 6.45) is 0.389. The Morgan fingerprint density at radius 2 is 1.67 bits per heavy atom. The third kappa shape index (κ3) is 8.30. The molecule has 3 N–H and O–H groups in total. The maximum atomic E-state index is 12.3. The summed E-state index contributed by atoms with van der Waals surface area (Å²) in [5.74, 6) is -1.86. The van der Waals surface area contributed by atoms with Crippen molar-refractivity contribution in [1.29, 1.82) is 0 Å². The monoisotopic (exact) mass is 341 g/mol. The molecule has 136 valence electrons. The number of carbonyl (C=O) groups is 4. The normalized spacial score (nSPS) is 12.8. The summed E-state index contributed by atoms with van der Waals surface area (Å²) in [5.41, 5.74) is 0.283. The van der Waals surface area contributed by atoms with Gasteiger partial charge in [0.15, 0.2) is 0 Å². The summed E-state index contributed by atoms with van der Waals surface area (Å²) in [6.45, 7) is 10.0. The maximum absolute atomic E-state index is 12.3. The van der Waals surface area contributed by atoms with E-state index in [0.29, 0.717) is 6.42 Å². The van der Waals surface area contributed by atoms with Crippen LogP contribution in [0.3, 0.4) is 0 Å². The molecular weight excluding hydrogens is 314 g/mol. The first kappa shape index (κ1) is 21.6. The zero-order valence-electron chi connectivity index (χ0n) is 14.9. The van der Waals surface area contributed by atoms with Crippen molar-refractivity contribution in [2.75, 3.05) is 13.7 Å². The Morgan fingerprint density at radius 1 is 1.08 bits per heavy atom. The van der Waals surface area contributed by atoms with Gasteiger partial charge in [-0.05, 0) is 26.2 Å². The Balaban J connectivity index is 4.73. The standard InChI is InChI=1S/C16H27N3O5/c1-9(2)7-12(15(22)18-11(5)16(23)24-6)19-13(20)8-17-14(21)10(3)4/h9,11-12H,3,7-8H2,1-2,4-6H3,(H,17,21)(H,18,22)(H,19,20)/t11-,12-/m0/s1. The molecule has 8 heteroatoms. The predicted octanol–water partition coefficient (Wildman–Crippen LogP) is -0.113. The molecular formula is C16H27N3O5. The molecule has 0 radical (unpaired) electrons. The van der Waals surface area contributed by atoms with E-state index in [1.165, 1.54) is 21.0 Å². The highest BCUT2D eigenvalue weighted by atomic mass is 16.5. The van der Waals surface area contributed by atoms with Crippen LogP contribution in [-0.4, -0.2) is 49.4 Å². The van der Waals surface area contributed by atoms with E-state index in [-0.39, 0.29) is 18.0 Å². The lowest BCUT2D eigenvalue weighted by Gasteiger charge is -2.22. The first-order valence-corrected chi connectivity index (χ1v) is 7.69. The first-order chi connectivity index (χ1) is 11.1. The Bertz CT molecular complexity index is 502. The van der Waals surface area contributed by atoms with Gasteiger partial charge in [0.05, 0.1) is 13.7 Å². The highest BCUT2D eigenvalue weighted by molar-refractivity contribution is 5.96. The lowest BCUT2D eigenvalue weighted by molar-refractivity contribution is -0.144. The highest BCUT2D eigenvalue weighted by Gasteiger charge is 2.25. The molecule has 0 aromatic rings. The highest BCUT2D eigenvalue weighted by Crippen LogP contribution is 2.05. The summed E-state index contributed by atoms with van der Waals surface area (Å²) in [4.78, 5) is 46.9. The quantitative estimate of drug-likeness (QED) is 0.400. The Hall–Kier alpha value is -2.38. The van der Waals surface area contributed by atoms with Gasteiger partial charge in [-0.2, -0.15) is 0 Å². The zero-order chi connectivity index (χ0) is 18.9. The van der Waals surface area contributed by atoms with Crippen molar-refractivity contribution in [3.05, 3.63) is 12.2 Å². The van der Waals surface area contributed by atoms with Gasteiger partial charge in [0.1, 0.15) is 12.1 Å². The van der Waals surface area contributed by atoms with E-state index in [2.05, 4.69) is 27.3 Å². The summed E-state index contributed by atoms with van der Waals surface area (Å²) < 4.78 is 4.55. The van der Waals surface area contributed by atoms with Crippen molar-refractivity contribution >= 4 is 23.7 Å². The molecule has 0 aliphatic rings. The molecule has 0 aromatic heterocycles. The molecule has 24 heavy (non-hydrogen) atoms. The number of hydrogen-bond donors (Lipinski definition) is 3. The van der Waals surface area contributed by atoms with Crippen LogP contribution in [0, 0.1) is 5.92 Å². The van der Waals surface area contributed by atoms with E-state index in [4.69, 9.17) is 0 Å². The van der Waals surface area contributed by atoms with Gasteiger partial charge in [0.2, 0.25) is 17.7 Å². The molecule has 3 amide bonds. The molecule has 0 unspecified atom stereocenters. The van der Waals surface area contributed by atoms with Gasteiger partial charge in [0, 0.05) is 5.57 Å². The van der Waals surface area contributed by atoms with Crippen molar-refractivity contribution in [2.24, 2.45) is 5.92 Å². The SMILES string of the molecule is C=C(C)C(=O)NCC(=O)N[C@@H](CC(C)C)C(=O)N[C@@H](C)C(=O)OC. The average Bonchev–Trinajstić information content (AvgIpc) is 2.50. The molecule has 0 bridgehead atoms. The molecule has 0 aromatic carbocycles. The van der Waals surface area contributed by atoms with Crippen LogP contribution in [0.15, 0.2) is 12.2 Å². The molecule has 0 fully saturated rings. The fourth-order valence-corrected chi connectivity index (χ4v) is 1.81. The van der Waals surface area contributed by atoms with E-state index in [0.717, 1.165) is 0 Å². The zero-order valence-corrected chi connectivity index (χ0v) is 14.9. The van der Waals surface area contributed by atoms with Crippen molar-refractivity contribution < 1.29 is 23.9 Å². The van der Waals surface area contributed by atoms with Crippen LogP contribution in [0.25, 0.3) is 0 Å². The van der Waals surface area contributed by atoms with Crippen molar-refractivity contribution in [2.45, 2.75) is 46.2 Å². The number of ether oxygens (including phenoxy) is 1. The number of nitrogens with one attached hydrogen (secondary N) is 3. The van der Waals surface area contributed by atoms with Crippen LogP contribution in [-0.2, 0) is 23.9 Å². The summed E-state index contributed by atoms with van der Waals surface area (Å²) >= 11 is 0. The second-order valence-electron chi connectivity index (χ2n) is 5.97. The molecule has 0 aliphatic carbocycles. The summed E-state index contributed by atoms with van der Waals surface area (Å²) in [6, 6.07) is -1.64. The molecule has 0 rings (SSSR count). The molecule has 0 aliphatic heterocycles. The van der Waals surface area contributed by atoms with Crippen LogP contribution < -0.4 is 16.0 Å². The third-order valence-corrected chi connectivity index (χ3v) is 3.07. The first-order valence-electron chi connectivity index (χ1n) is 7.69. The van der Waals surface area contributed by atoms with Gasteiger partial charge in [-0.15, -0.1) is 0 Å². The van der Waals surface area contributed by atoms with E-state index in [9.17, 15) is 19.2 Å². The minimum Gasteiger partial charge on any atom is -0.467 e. The van der Waals surface area contributed by atoms with Crippen LogP contribution in [0.1, 0.15) is 34.1 Å². The number of esters is 1. The van der Waals surface area contributed by atoms with E-state index < -0.39 is 35.8 Å². The van der Waals surface area contributed by atoms with E-state index in [1.807, 2.05) is 13.8 Å². The number of hydrogen-bond acceptors (Lipinski definition) is 5. The molecule has 2 atom stereocenters. The van der Waals surface area contributed by atoms with Gasteiger partial charge in [-0.3, -0.25) is 14.4 Å². The minimum atomic E-state index is -0.822. The molecule has 0 spiro atoms. The maximum Gasteiger partial charge on any atom is 0.328 e. The second-order valence-corrected chi connectivity index (χ2v) is 5.97. The lowest BCUT2D eigenvalue weighted by atomic mass is 10.0. The number of rotatable bonds is 9. The van der Waals surface area contributed by atoms with Gasteiger partial charge >= 0.3 is 5.97 Å². The topological polar surface area (TPSA) is 114 Å². The predicted molar refractivity (Wildman–Crippen MR) is 88.8 cm³/mol. The second kappa shape index (κ2) is 10.4. The molecule has 8 nitrogen and oxygen atoms in total. The van der Waals surface area contributed by atoms with Crippen LogP contribution >= 0.6 is 0 Å². The molecule has 0 saturated carbocycles. The Morgan fingerprint density at radius 3 is 2.12 bits per heavy atom. The van der Waals surface area contributed by atoms with Gasteiger partial charge in [-0.25, -0.2) is 4.79 Å². The number of methoxy groups -OCH3 is 1.